The topological polar surface area (TPSA) is 73.2 Å². The number of aliphatic hydroxyl groups is 2. The van der Waals surface area contributed by atoms with E-state index in [0.29, 0.717) is 18.6 Å². The fourth-order valence-corrected chi connectivity index (χ4v) is 6.46. The minimum absolute atomic E-state index is 0.0865. The molecule has 2 aliphatic heterocycles. The first-order valence-corrected chi connectivity index (χ1v) is 9.71. The zero-order valence-electron chi connectivity index (χ0n) is 14.3. The second kappa shape index (κ2) is 4.51. The molecule has 2 saturated carbocycles. The van der Waals surface area contributed by atoms with Gasteiger partial charge in [0.2, 0.25) is 0 Å². The lowest BCUT2D eigenvalue weighted by Crippen LogP contribution is -2.77. The minimum atomic E-state index is -0.879. The molecule has 0 amide bonds. The molecular weight excluding hydrogens is 318 g/mol. The Morgan fingerprint density at radius 2 is 2.04 bits per heavy atom. The lowest BCUT2D eigenvalue weighted by Gasteiger charge is -2.63. The first-order valence-electron chi connectivity index (χ1n) is 9.71. The summed E-state index contributed by atoms with van der Waals surface area (Å²) in [6.45, 7) is 2.02. The normalized spacial score (nSPS) is 44.3. The molecule has 1 aromatic carbocycles. The number of hydrogen-bond acceptors (Lipinski definition) is 5. The first-order chi connectivity index (χ1) is 12.0. The van der Waals surface area contributed by atoms with Crippen LogP contribution in [0.2, 0.25) is 0 Å². The number of rotatable bonds is 2. The van der Waals surface area contributed by atoms with Gasteiger partial charge in [-0.1, -0.05) is 6.07 Å². The van der Waals surface area contributed by atoms with Gasteiger partial charge in [-0.15, -0.1) is 0 Å². The summed E-state index contributed by atoms with van der Waals surface area (Å²) in [7, 11) is 0. The minimum Gasteiger partial charge on any atom is -0.504 e. The van der Waals surface area contributed by atoms with Crippen molar-refractivity contribution in [2.24, 2.45) is 5.92 Å². The quantitative estimate of drug-likeness (QED) is 0.755. The third-order valence-corrected chi connectivity index (χ3v) is 7.73. The van der Waals surface area contributed by atoms with Gasteiger partial charge in [0, 0.05) is 18.2 Å². The van der Waals surface area contributed by atoms with Gasteiger partial charge < -0.3 is 20.1 Å². The van der Waals surface area contributed by atoms with E-state index in [2.05, 4.69) is 4.90 Å². The highest BCUT2D eigenvalue weighted by atomic mass is 16.5. The molecule has 6 rings (SSSR count). The van der Waals surface area contributed by atoms with Crippen molar-refractivity contribution < 1.29 is 20.1 Å². The summed E-state index contributed by atoms with van der Waals surface area (Å²) in [6, 6.07) is 3.79. The Hall–Kier alpha value is -1.30. The smallest absolute Gasteiger partial charge is 0.165 e. The van der Waals surface area contributed by atoms with Crippen LogP contribution in [0.5, 0.6) is 11.5 Å². The SMILES string of the molecule is Oc1ccc2c3c1O[C@@H]1[C@@H](O)CC[C@]4(O)[C@H](C2)N(CC2CC2)CCC314. The monoisotopic (exact) mass is 343 g/mol. The number of piperidine rings is 1. The summed E-state index contributed by atoms with van der Waals surface area (Å²) in [5.74, 6) is 1.44. The summed E-state index contributed by atoms with van der Waals surface area (Å²) in [5, 5.41) is 33.1. The number of ether oxygens (including phenoxy) is 1. The van der Waals surface area contributed by atoms with Crippen molar-refractivity contribution in [2.45, 2.75) is 67.8 Å². The number of likely N-dealkylation sites (tertiary alicyclic amines) is 1. The summed E-state index contributed by atoms with van der Waals surface area (Å²) < 4.78 is 6.14. The average molecular weight is 343 g/mol. The molecule has 134 valence electrons. The number of aliphatic hydroxyl groups excluding tert-OH is 1. The molecular formula is C20H25NO4. The van der Waals surface area contributed by atoms with Crippen molar-refractivity contribution in [2.75, 3.05) is 13.1 Å². The summed E-state index contributed by atoms with van der Waals surface area (Å²) in [5.41, 5.74) is 0.716. The zero-order chi connectivity index (χ0) is 17.0. The van der Waals surface area contributed by atoms with Gasteiger partial charge in [-0.3, -0.25) is 4.90 Å². The molecule has 25 heavy (non-hydrogen) atoms. The number of benzene rings is 1. The molecule has 2 bridgehead atoms. The molecule has 1 saturated heterocycles. The van der Waals surface area contributed by atoms with Crippen molar-refractivity contribution in [3.8, 4) is 11.5 Å². The summed E-state index contributed by atoms with van der Waals surface area (Å²) in [6.07, 6.45) is 4.35. The lowest BCUT2D eigenvalue weighted by molar-refractivity contribution is -0.208. The van der Waals surface area contributed by atoms with E-state index in [-0.39, 0.29) is 11.8 Å². The third-order valence-electron chi connectivity index (χ3n) is 7.73. The highest BCUT2D eigenvalue weighted by molar-refractivity contribution is 5.62. The molecule has 5 atom stereocenters. The van der Waals surface area contributed by atoms with Crippen LogP contribution in [0.4, 0.5) is 0 Å². The van der Waals surface area contributed by atoms with E-state index in [9.17, 15) is 15.3 Å². The molecule has 1 spiro atoms. The van der Waals surface area contributed by atoms with E-state index < -0.39 is 23.2 Å². The van der Waals surface area contributed by atoms with Crippen molar-refractivity contribution >= 4 is 0 Å². The molecule has 5 nitrogen and oxygen atoms in total. The molecule has 0 aromatic heterocycles. The number of phenolic OH excluding ortho intramolecular Hbond substituents is 1. The van der Waals surface area contributed by atoms with Gasteiger partial charge in [0.05, 0.1) is 17.1 Å². The maximum atomic E-state index is 12.0. The molecule has 3 aliphatic carbocycles. The number of phenols is 1. The lowest BCUT2D eigenvalue weighted by atomic mass is 9.48. The van der Waals surface area contributed by atoms with Gasteiger partial charge in [-0.2, -0.15) is 0 Å². The predicted molar refractivity (Wildman–Crippen MR) is 90.8 cm³/mol. The zero-order valence-corrected chi connectivity index (χ0v) is 14.3. The molecule has 0 radical (unpaired) electrons. The third kappa shape index (κ3) is 1.61. The van der Waals surface area contributed by atoms with Crippen LogP contribution in [0.3, 0.4) is 0 Å². The first kappa shape index (κ1) is 14.8. The van der Waals surface area contributed by atoms with E-state index in [0.717, 1.165) is 37.4 Å². The fraction of sp³-hybridized carbons (Fsp3) is 0.700. The van der Waals surface area contributed by atoms with E-state index in [1.807, 2.05) is 6.07 Å². The molecule has 3 N–H and O–H groups in total. The molecule has 2 heterocycles. The van der Waals surface area contributed by atoms with Gasteiger partial charge in [0.1, 0.15) is 6.10 Å². The van der Waals surface area contributed by atoms with E-state index in [1.54, 1.807) is 6.07 Å². The van der Waals surface area contributed by atoms with Crippen LogP contribution in [0, 0.1) is 5.92 Å². The van der Waals surface area contributed by atoms with Crippen LogP contribution >= 0.6 is 0 Å². The van der Waals surface area contributed by atoms with E-state index in [4.69, 9.17) is 4.74 Å². The summed E-state index contributed by atoms with van der Waals surface area (Å²) >= 11 is 0. The van der Waals surface area contributed by atoms with Crippen LogP contribution in [-0.2, 0) is 11.8 Å². The average Bonchev–Trinajstić information content (AvgIpc) is 3.32. The predicted octanol–water partition coefficient (Wildman–Crippen LogP) is 1.32. The van der Waals surface area contributed by atoms with Crippen LogP contribution in [-0.4, -0.2) is 57.2 Å². The Bertz CT molecular complexity index is 762. The van der Waals surface area contributed by atoms with Crippen molar-refractivity contribution in [3.63, 3.8) is 0 Å². The number of aromatic hydroxyl groups is 1. The maximum absolute atomic E-state index is 12.0. The Kier molecular flexibility index (Phi) is 2.67. The van der Waals surface area contributed by atoms with E-state index in [1.165, 1.54) is 18.4 Å². The van der Waals surface area contributed by atoms with Crippen molar-refractivity contribution in [3.05, 3.63) is 23.3 Å². The largest absolute Gasteiger partial charge is 0.504 e. The molecule has 3 fully saturated rings. The highest BCUT2D eigenvalue weighted by Gasteiger charge is 2.72. The van der Waals surface area contributed by atoms with Gasteiger partial charge in [-0.25, -0.2) is 0 Å². The standard InChI is InChI=1S/C20H25NO4/c22-13-4-3-12-9-15-20(24)6-5-14(23)18-19(20,16(12)17(13)25-18)7-8-21(15)10-11-1-2-11/h3-4,11,14-15,18,22-24H,1-2,5-10H2/t14-,15-,18+,19?,20-/m0/s1. The van der Waals surface area contributed by atoms with E-state index >= 15 is 0 Å². The van der Waals surface area contributed by atoms with Crippen LogP contribution in [0.1, 0.15) is 43.2 Å². The molecule has 5 aliphatic rings. The Labute approximate surface area is 147 Å². The maximum Gasteiger partial charge on any atom is 0.165 e. The molecule has 5 heteroatoms. The van der Waals surface area contributed by atoms with Crippen LogP contribution in [0.25, 0.3) is 0 Å². The summed E-state index contributed by atoms with van der Waals surface area (Å²) in [4.78, 5) is 2.51. The number of hydrogen-bond donors (Lipinski definition) is 3. The Balaban J connectivity index is 1.57. The second-order valence-electron chi connectivity index (χ2n) is 8.90. The van der Waals surface area contributed by atoms with Gasteiger partial charge in [0.25, 0.3) is 0 Å². The number of nitrogens with zero attached hydrogens (tertiary/aromatic N) is 1. The highest BCUT2D eigenvalue weighted by Crippen LogP contribution is 2.65. The Morgan fingerprint density at radius 1 is 1.20 bits per heavy atom. The van der Waals surface area contributed by atoms with Gasteiger partial charge in [0.15, 0.2) is 11.5 Å². The molecule has 1 aromatic rings. The van der Waals surface area contributed by atoms with Gasteiger partial charge in [-0.05, 0) is 62.6 Å². The van der Waals surface area contributed by atoms with Crippen molar-refractivity contribution in [1.29, 1.82) is 0 Å². The Morgan fingerprint density at radius 3 is 2.84 bits per heavy atom. The van der Waals surface area contributed by atoms with Crippen LogP contribution in [0.15, 0.2) is 12.1 Å². The van der Waals surface area contributed by atoms with Crippen molar-refractivity contribution in [1.82, 2.24) is 4.90 Å². The second-order valence-corrected chi connectivity index (χ2v) is 8.90. The van der Waals surface area contributed by atoms with Crippen LogP contribution < -0.4 is 4.74 Å². The van der Waals surface area contributed by atoms with Gasteiger partial charge >= 0.3 is 0 Å². The fourth-order valence-electron chi connectivity index (χ4n) is 6.46. The molecule has 1 unspecified atom stereocenters.